The number of phosphoric ester groups is 1. The average molecular weight is 274 g/mol. The van der Waals surface area contributed by atoms with Crippen LogP contribution in [0.5, 0.6) is 0 Å². The monoisotopic (exact) mass is 274 g/mol. The van der Waals surface area contributed by atoms with Crippen molar-refractivity contribution < 1.29 is 43.7 Å². The second-order valence-corrected chi connectivity index (χ2v) is 4.69. The molecule has 102 valence electrons. The van der Waals surface area contributed by atoms with Crippen molar-refractivity contribution in [2.75, 3.05) is 13.7 Å². The SMILES string of the molecule is CO[C@H]1[C@@H](O)[C@H](OP(=O)(O)O)[C@@H](CO)O[C@@H]1O. The Morgan fingerprint density at radius 3 is 2.29 bits per heavy atom. The van der Waals surface area contributed by atoms with E-state index in [1.165, 1.54) is 7.11 Å². The maximum atomic E-state index is 10.7. The van der Waals surface area contributed by atoms with Crippen LogP contribution < -0.4 is 0 Å². The number of hydrogen-bond acceptors (Lipinski definition) is 7. The number of rotatable bonds is 4. The lowest BCUT2D eigenvalue weighted by atomic mass is 9.99. The van der Waals surface area contributed by atoms with Crippen LogP contribution >= 0.6 is 7.82 Å². The number of phosphoric acid groups is 1. The molecule has 1 aliphatic heterocycles. The Hall–Kier alpha value is -0.0900. The number of methoxy groups -OCH3 is 1. The first kappa shape index (κ1) is 15.0. The van der Waals surface area contributed by atoms with Gasteiger partial charge < -0.3 is 34.6 Å². The van der Waals surface area contributed by atoms with Gasteiger partial charge in [0, 0.05) is 7.11 Å². The van der Waals surface area contributed by atoms with Crippen LogP contribution in [0.2, 0.25) is 0 Å². The van der Waals surface area contributed by atoms with Gasteiger partial charge in [0.1, 0.15) is 24.4 Å². The lowest BCUT2D eigenvalue weighted by molar-refractivity contribution is -0.288. The third-order valence-corrected chi connectivity index (χ3v) is 2.86. The topological polar surface area (TPSA) is 146 Å². The zero-order valence-corrected chi connectivity index (χ0v) is 9.80. The standard InChI is InChI=1S/C7H15O9P/c1-14-6-4(9)5(16-17(11,12)13)3(2-8)15-7(6)10/h3-10H,2H2,1H3,(H2,11,12,13)/t3-,4+,5-,6+,7+/m1/s1. The van der Waals surface area contributed by atoms with Gasteiger partial charge in [0.25, 0.3) is 0 Å². The zero-order chi connectivity index (χ0) is 13.2. The van der Waals surface area contributed by atoms with E-state index in [0.29, 0.717) is 0 Å². The summed E-state index contributed by atoms with van der Waals surface area (Å²) >= 11 is 0. The molecular formula is C7H15O9P. The second-order valence-electron chi connectivity index (χ2n) is 3.50. The molecule has 5 N–H and O–H groups in total. The summed E-state index contributed by atoms with van der Waals surface area (Å²) in [5, 5.41) is 28.0. The molecule has 0 saturated carbocycles. The Labute approximate surface area is 96.8 Å². The fourth-order valence-corrected chi connectivity index (χ4v) is 2.18. The maximum Gasteiger partial charge on any atom is 0.470 e. The van der Waals surface area contributed by atoms with Crippen molar-refractivity contribution in [1.82, 2.24) is 0 Å². The molecule has 0 aromatic heterocycles. The summed E-state index contributed by atoms with van der Waals surface area (Å²) in [5.74, 6) is 0. The third-order valence-electron chi connectivity index (χ3n) is 2.35. The van der Waals surface area contributed by atoms with E-state index < -0.39 is 45.1 Å². The number of aliphatic hydroxyl groups is 3. The van der Waals surface area contributed by atoms with Gasteiger partial charge >= 0.3 is 7.82 Å². The zero-order valence-electron chi connectivity index (χ0n) is 8.91. The van der Waals surface area contributed by atoms with Gasteiger partial charge in [-0.3, -0.25) is 4.52 Å². The van der Waals surface area contributed by atoms with Crippen LogP contribution in [0.15, 0.2) is 0 Å². The summed E-state index contributed by atoms with van der Waals surface area (Å²) in [6, 6.07) is 0. The summed E-state index contributed by atoms with van der Waals surface area (Å²) in [6.45, 7) is -0.685. The molecule has 0 unspecified atom stereocenters. The van der Waals surface area contributed by atoms with Gasteiger partial charge in [0.2, 0.25) is 0 Å². The molecule has 1 rings (SSSR count). The number of aliphatic hydroxyl groups excluding tert-OH is 3. The molecule has 1 fully saturated rings. The normalized spacial score (nSPS) is 39.3. The molecule has 0 spiro atoms. The Kier molecular flexibility index (Phi) is 5.02. The Bertz CT molecular complexity index is 291. The quantitative estimate of drug-likeness (QED) is 0.352. The Morgan fingerprint density at radius 1 is 1.29 bits per heavy atom. The first-order valence-electron chi connectivity index (χ1n) is 4.69. The summed E-state index contributed by atoms with van der Waals surface area (Å²) in [5.41, 5.74) is 0. The van der Waals surface area contributed by atoms with Gasteiger partial charge in [0.05, 0.1) is 6.61 Å². The van der Waals surface area contributed by atoms with Gasteiger partial charge in [-0.25, -0.2) is 4.57 Å². The Morgan fingerprint density at radius 2 is 1.88 bits per heavy atom. The highest BCUT2D eigenvalue weighted by molar-refractivity contribution is 7.46. The molecule has 0 aromatic rings. The molecule has 5 atom stereocenters. The van der Waals surface area contributed by atoms with Gasteiger partial charge in [-0.05, 0) is 0 Å². The van der Waals surface area contributed by atoms with Crippen LogP contribution in [-0.4, -0.2) is 69.5 Å². The van der Waals surface area contributed by atoms with E-state index in [0.717, 1.165) is 0 Å². The third kappa shape index (κ3) is 3.68. The number of hydrogen-bond donors (Lipinski definition) is 5. The summed E-state index contributed by atoms with van der Waals surface area (Å²) in [4.78, 5) is 17.3. The largest absolute Gasteiger partial charge is 0.470 e. The first-order valence-corrected chi connectivity index (χ1v) is 6.22. The van der Waals surface area contributed by atoms with Crippen LogP contribution in [-0.2, 0) is 18.6 Å². The van der Waals surface area contributed by atoms with Crippen molar-refractivity contribution in [3.8, 4) is 0 Å². The molecule has 0 amide bonds. The fraction of sp³-hybridized carbons (Fsp3) is 1.00. The fourth-order valence-electron chi connectivity index (χ4n) is 1.60. The van der Waals surface area contributed by atoms with Crippen molar-refractivity contribution >= 4 is 7.82 Å². The van der Waals surface area contributed by atoms with Gasteiger partial charge in [0.15, 0.2) is 6.29 Å². The van der Waals surface area contributed by atoms with Crippen molar-refractivity contribution in [2.24, 2.45) is 0 Å². The highest BCUT2D eigenvalue weighted by atomic mass is 31.2. The van der Waals surface area contributed by atoms with Crippen molar-refractivity contribution in [2.45, 2.75) is 30.7 Å². The molecule has 1 aliphatic rings. The van der Waals surface area contributed by atoms with E-state index in [4.69, 9.17) is 24.4 Å². The molecule has 0 aliphatic carbocycles. The van der Waals surface area contributed by atoms with E-state index in [9.17, 15) is 14.8 Å². The number of ether oxygens (including phenoxy) is 2. The van der Waals surface area contributed by atoms with Crippen molar-refractivity contribution in [3.63, 3.8) is 0 Å². The summed E-state index contributed by atoms with van der Waals surface area (Å²) in [7, 11) is -3.69. The highest BCUT2D eigenvalue weighted by Gasteiger charge is 2.47. The molecule has 1 saturated heterocycles. The first-order chi connectivity index (χ1) is 7.80. The van der Waals surface area contributed by atoms with E-state index in [1.54, 1.807) is 0 Å². The highest BCUT2D eigenvalue weighted by Crippen LogP contribution is 2.41. The van der Waals surface area contributed by atoms with Gasteiger partial charge in [-0.1, -0.05) is 0 Å². The molecule has 9 nitrogen and oxygen atoms in total. The van der Waals surface area contributed by atoms with Crippen LogP contribution in [0, 0.1) is 0 Å². The minimum Gasteiger partial charge on any atom is -0.394 e. The Balaban J connectivity index is 2.85. The van der Waals surface area contributed by atoms with Gasteiger partial charge in [-0.2, -0.15) is 0 Å². The smallest absolute Gasteiger partial charge is 0.394 e. The molecule has 17 heavy (non-hydrogen) atoms. The van der Waals surface area contributed by atoms with E-state index in [1.807, 2.05) is 0 Å². The van der Waals surface area contributed by atoms with Crippen LogP contribution in [0.3, 0.4) is 0 Å². The van der Waals surface area contributed by atoms with Crippen LogP contribution in [0.4, 0.5) is 0 Å². The molecule has 0 aromatic carbocycles. The molecule has 0 bridgehead atoms. The summed E-state index contributed by atoms with van der Waals surface area (Å²) in [6.07, 6.45) is -7.07. The molecule has 1 heterocycles. The minimum absolute atomic E-state index is 0.685. The van der Waals surface area contributed by atoms with E-state index in [2.05, 4.69) is 4.52 Å². The molecule has 10 heteroatoms. The van der Waals surface area contributed by atoms with Crippen molar-refractivity contribution in [1.29, 1.82) is 0 Å². The van der Waals surface area contributed by atoms with Crippen molar-refractivity contribution in [3.05, 3.63) is 0 Å². The molecule has 0 radical (unpaired) electrons. The summed E-state index contributed by atoms with van der Waals surface area (Å²) < 4.78 is 24.6. The van der Waals surface area contributed by atoms with Gasteiger partial charge in [-0.15, -0.1) is 0 Å². The molecular weight excluding hydrogens is 259 g/mol. The maximum absolute atomic E-state index is 10.7. The second kappa shape index (κ2) is 5.70. The minimum atomic E-state index is -4.87. The average Bonchev–Trinajstić information content (AvgIpc) is 2.21. The predicted octanol–water partition coefficient (Wildman–Crippen LogP) is -2.45. The van der Waals surface area contributed by atoms with E-state index >= 15 is 0 Å². The van der Waals surface area contributed by atoms with Crippen LogP contribution in [0.1, 0.15) is 0 Å². The lowest BCUT2D eigenvalue weighted by Crippen LogP contribution is -2.59. The van der Waals surface area contributed by atoms with Crippen LogP contribution in [0.25, 0.3) is 0 Å². The predicted molar refractivity (Wildman–Crippen MR) is 51.7 cm³/mol. The van der Waals surface area contributed by atoms with E-state index in [-0.39, 0.29) is 0 Å². The lowest BCUT2D eigenvalue weighted by Gasteiger charge is -2.41.